The summed E-state index contributed by atoms with van der Waals surface area (Å²) in [5.41, 5.74) is 0. The van der Waals surface area contributed by atoms with Crippen LogP contribution in [0.25, 0.3) is 0 Å². The maximum atomic E-state index is 12.2. The molecule has 5 nitrogen and oxygen atoms in total. The first kappa shape index (κ1) is 11.1. The molecule has 2 atom stereocenters. The van der Waals surface area contributed by atoms with Crippen LogP contribution in [0, 0.1) is 5.92 Å². The number of rotatable bonds is 2. The Morgan fingerprint density at radius 1 is 1.56 bits per heavy atom. The van der Waals surface area contributed by atoms with Gasteiger partial charge in [0.2, 0.25) is 5.91 Å². The van der Waals surface area contributed by atoms with Crippen molar-refractivity contribution >= 4 is 11.7 Å². The molecule has 0 spiro atoms. The molecule has 88 valence electrons. The van der Waals surface area contributed by atoms with E-state index >= 15 is 0 Å². The molecule has 1 aliphatic rings. The topological polar surface area (TPSA) is 61.0 Å². The predicted octanol–water partition coefficient (Wildman–Crippen LogP) is 0.761. The third kappa shape index (κ3) is 2.09. The van der Waals surface area contributed by atoms with Gasteiger partial charge in [0, 0.05) is 12.7 Å². The molecule has 1 saturated heterocycles. The van der Waals surface area contributed by atoms with Crippen molar-refractivity contribution in [1.29, 1.82) is 0 Å². The van der Waals surface area contributed by atoms with Crippen molar-refractivity contribution in [2.75, 3.05) is 18.5 Å². The highest BCUT2D eigenvalue weighted by molar-refractivity contribution is 5.96. The summed E-state index contributed by atoms with van der Waals surface area (Å²) in [5.74, 6) is 1.36. The Hall–Kier alpha value is -1.36. The van der Waals surface area contributed by atoms with E-state index in [9.17, 15) is 4.79 Å². The molecule has 2 N–H and O–H groups in total. The number of aromatic nitrogens is 2. The number of H-pyrrole nitrogens is 1. The minimum absolute atomic E-state index is 0.0818. The maximum Gasteiger partial charge on any atom is 0.245 e. The molecular formula is C11H18N4O. The van der Waals surface area contributed by atoms with E-state index < -0.39 is 0 Å². The molecule has 16 heavy (non-hydrogen) atoms. The van der Waals surface area contributed by atoms with Crippen molar-refractivity contribution < 1.29 is 4.79 Å². The van der Waals surface area contributed by atoms with E-state index in [4.69, 9.17) is 0 Å². The van der Waals surface area contributed by atoms with Crippen LogP contribution in [0.5, 0.6) is 0 Å². The fraction of sp³-hybridized carbons (Fsp3) is 0.636. The lowest BCUT2D eigenvalue weighted by molar-refractivity contribution is -0.120. The highest BCUT2D eigenvalue weighted by atomic mass is 16.2. The summed E-state index contributed by atoms with van der Waals surface area (Å²) in [5, 5.41) is 3.08. The van der Waals surface area contributed by atoms with E-state index in [1.807, 2.05) is 7.05 Å². The summed E-state index contributed by atoms with van der Waals surface area (Å²) in [6, 6.07) is -0.0818. The zero-order valence-corrected chi connectivity index (χ0v) is 9.73. The van der Waals surface area contributed by atoms with Crippen LogP contribution in [0.2, 0.25) is 0 Å². The molecule has 1 amide bonds. The van der Waals surface area contributed by atoms with Gasteiger partial charge in [-0.1, -0.05) is 6.92 Å². The van der Waals surface area contributed by atoms with E-state index in [0.717, 1.165) is 25.2 Å². The molecule has 2 unspecified atom stereocenters. The monoisotopic (exact) mass is 222 g/mol. The zero-order chi connectivity index (χ0) is 11.5. The Morgan fingerprint density at radius 2 is 2.38 bits per heavy atom. The molecule has 5 heteroatoms. The Bertz CT molecular complexity index is 349. The van der Waals surface area contributed by atoms with Crippen LogP contribution in [-0.2, 0) is 4.79 Å². The van der Waals surface area contributed by atoms with Gasteiger partial charge in [-0.15, -0.1) is 0 Å². The van der Waals surface area contributed by atoms with Gasteiger partial charge in [-0.2, -0.15) is 0 Å². The third-order valence-electron chi connectivity index (χ3n) is 3.12. The van der Waals surface area contributed by atoms with Gasteiger partial charge in [0.1, 0.15) is 0 Å². The summed E-state index contributed by atoms with van der Waals surface area (Å²) < 4.78 is 0. The highest BCUT2D eigenvalue weighted by Gasteiger charge is 2.30. The Labute approximate surface area is 95.2 Å². The van der Waals surface area contributed by atoms with Crippen molar-refractivity contribution in [2.24, 2.45) is 5.92 Å². The molecule has 1 aromatic heterocycles. The van der Waals surface area contributed by atoms with E-state index in [1.54, 1.807) is 17.4 Å². The SMILES string of the molecule is CNC1CCC(C)CN(c2c[nH]cn2)C1=O. The average molecular weight is 222 g/mol. The number of carbonyl (C=O) groups excluding carboxylic acids is 1. The van der Waals surface area contributed by atoms with Gasteiger partial charge in [0.25, 0.3) is 0 Å². The van der Waals surface area contributed by atoms with E-state index in [0.29, 0.717) is 5.92 Å². The summed E-state index contributed by atoms with van der Waals surface area (Å²) in [6.45, 7) is 2.92. The van der Waals surface area contributed by atoms with Crippen LogP contribution in [0.15, 0.2) is 12.5 Å². The van der Waals surface area contributed by atoms with E-state index in [2.05, 4.69) is 22.2 Å². The second-order valence-electron chi connectivity index (χ2n) is 4.40. The smallest absolute Gasteiger partial charge is 0.245 e. The Kier molecular flexibility index (Phi) is 3.24. The normalized spacial score (nSPS) is 26.9. The lowest BCUT2D eigenvalue weighted by atomic mass is 10.0. The summed E-state index contributed by atoms with van der Waals surface area (Å²) in [6.07, 6.45) is 5.34. The number of amides is 1. The van der Waals surface area contributed by atoms with Crippen molar-refractivity contribution in [3.63, 3.8) is 0 Å². The summed E-state index contributed by atoms with van der Waals surface area (Å²) in [7, 11) is 1.83. The quantitative estimate of drug-likeness (QED) is 0.776. The molecule has 2 heterocycles. The van der Waals surface area contributed by atoms with Crippen molar-refractivity contribution in [1.82, 2.24) is 15.3 Å². The van der Waals surface area contributed by atoms with Gasteiger partial charge in [-0.05, 0) is 25.8 Å². The number of imidazole rings is 1. The molecule has 1 aromatic rings. The maximum absolute atomic E-state index is 12.2. The Morgan fingerprint density at radius 3 is 3.00 bits per heavy atom. The first-order valence-electron chi connectivity index (χ1n) is 5.69. The fourth-order valence-corrected chi connectivity index (χ4v) is 2.13. The number of nitrogens with zero attached hydrogens (tertiary/aromatic N) is 2. The zero-order valence-electron chi connectivity index (χ0n) is 9.73. The molecule has 0 bridgehead atoms. The second kappa shape index (κ2) is 4.65. The minimum atomic E-state index is -0.0818. The predicted molar refractivity (Wildman–Crippen MR) is 62.2 cm³/mol. The number of hydrogen-bond donors (Lipinski definition) is 2. The van der Waals surface area contributed by atoms with E-state index in [1.165, 1.54) is 0 Å². The van der Waals surface area contributed by atoms with Gasteiger partial charge >= 0.3 is 0 Å². The van der Waals surface area contributed by atoms with Gasteiger partial charge in [-0.25, -0.2) is 4.98 Å². The third-order valence-corrected chi connectivity index (χ3v) is 3.12. The molecule has 0 aliphatic carbocycles. The highest BCUT2D eigenvalue weighted by Crippen LogP contribution is 2.21. The largest absolute Gasteiger partial charge is 0.349 e. The number of hydrogen-bond acceptors (Lipinski definition) is 3. The lowest BCUT2D eigenvalue weighted by Crippen LogP contribution is -2.44. The Balaban J connectivity index is 2.23. The molecule has 1 fully saturated rings. The van der Waals surface area contributed by atoms with Crippen molar-refractivity contribution in [3.05, 3.63) is 12.5 Å². The standard InChI is InChI=1S/C11H18N4O/c1-8-3-4-9(12-2)11(16)15(6-8)10-5-13-7-14-10/h5,7-9,12H,3-4,6H2,1-2H3,(H,13,14). The van der Waals surface area contributed by atoms with Crippen molar-refractivity contribution in [3.8, 4) is 0 Å². The van der Waals surface area contributed by atoms with Gasteiger partial charge in [0.05, 0.1) is 12.4 Å². The molecule has 2 rings (SSSR count). The average Bonchev–Trinajstić information content (AvgIpc) is 2.75. The molecule has 0 saturated carbocycles. The molecule has 0 radical (unpaired) electrons. The van der Waals surface area contributed by atoms with Crippen LogP contribution < -0.4 is 10.2 Å². The lowest BCUT2D eigenvalue weighted by Gasteiger charge is -2.22. The number of aromatic amines is 1. The minimum Gasteiger partial charge on any atom is -0.349 e. The first-order chi connectivity index (χ1) is 7.72. The van der Waals surface area contributed by atoms with Crippen LogP contribution >= 0.6 is 0 Å². The van der Waals surface area contributed by atoms with Crippen LogP contribution in [0.4, 0.5) is 5.82 Å². The van der Waals surface area contributed by atoms with Crippen LogP contribution in [-0.4, -0.2) is 35.5 Å². The molecule has 1 aliphatic heterocycles. The van der Waals surface area contributed by atoms with Crippen LogP contribution in [0.1, 0.15) is 19.8 Å². The van der Waals surface area contributed by atoms with Gasteiger partial charge < -0.3 is 10.3 Å². The summed E-state index contributed by atoms with van der Waals surface area (Å²) in [4.78, 5) is 21.1. The fourth-order valence-electron chi connectivity index (χ4n) is 2.13. The number of likely N-dealkylation sites (N-methyl/N-ethyl adjacent to an activating group) is 1. The van der Waals surface area contributed by atoms with Crippen LogP contribution in [0.3, 0.4) is 0 Å². The first-order valence-corrected chi connectivity index (χ1v) is 5.69. The number of anilines is 1. The van der Waals surface area contributed by atoms with E-state index in [-0.39, 0.29) is 11.9 Å². The number of carbonyl (C=O) groups is 1. The number of nitrogens with one attached hydrogen (secondary N) is 2. The van der Waals surface area contributed by atoms with Gasteiger partial charge in [0.15, 0.2) is 5.82 Å². The van der Waals surface area contributed by atoms with Crippen molar-refractivity contribution in [2.45, 2.75) is 25.8 Å². The molecular weight excluding hydrogens is 204 g/mol. The molecule has 0 aromatic carbocycles. The second-order valence-corrected chi connectivity index (χ2v) is 4.40. The van der Waals surface area contributed by atoms with Gasteiger partial charge in [-0.3, -0.25) is 9.69 Å². The summed E-state index contributed by atoms with van der Waals surface area (Å²) >= 11 is 0.